The highest BCUT2D eigenvalue weighted by atomic mass is 79.9. The van der Waals surface area contributed by atoms with Crippen LogP contribution in [0.2, 0.25) is 0 Å². The number of fused-ring (bicyclic) bond motifs is 5. The van der Waals surface area contributed by atoms with E-state index in [0.717, 1.165) is 5.56 Å². The van der Waals surface area contributed by atoms with Gasteiger partial charge < -0.3 is 9.47 Å². The van der Waals surface area contributed by atoms with E-state index in [2.05, 4.69) is 47.8 Å². The first kappa shape index (κ1) is 14.7. The van der Waals surface area contributed by atoms with Crippen LogP contribution in [0.5, 0.6) is 11.5 Å². The normalized spacial score (nSPS) is 38.3. The lowest BCUT2D eigenvalue weighted by atomic mass is 9.89. The van der Waals surface area contributed by atoms with E-state index >= 15 is 0 Å². The third-order valence-electron chi connectivity index (χ3n) is 4.18. The van der Waals surface area contributed by atoms with Gasteiger partial charge in [-0.25, -0.2) is 8.42 Å². The standard InChI is InChI=1S/C12H10Br3NO4S/c13-3-12(15)4-16-11(14)10(12)6-1-7-8(20-5-19-7)2-9(6)21(16,17)18/h1-2,10-11H,3-5H2/t10-,11+,12-/m0/s1. The molecule has 4 rings (SSSR count). The van der Waals surface area contributed by atoms with Crippen molar-refractivity contribution in [3.05, 3.63) is 17.7 Å². The van der Waals surface area contributed by atoms with Crippen molar-refractivity contribution in [1.29, 1.82) is 0 Å². The minimum Gasteiger partial charge on any atom is -0.454 e. The van der Waals surface area contributed by atoms with Crippen molar-refractivity contribution in [2.75, 3.05) is 18.7 Å². The summed E-state index contributed by atoms with van der Waals surface area (Å²) in [4.78, 5) is 0.0435. The van der Waals surface area contributed by atoms with Gasteiger partial charge in [0.15, 0.2) is 11.5 Å². The number of halogens is 3. The summed E-state index contributed by atoms with van der Waals surface area (Å²) in [6.07, 6.45) is 0. The second kappa shape index (κ2) is 4.59. The largest absolute Gasteiger partial charge is 0.454 e. The predicted octanol–water partition coefficient (Wildman–Crippen LogP) is 2.77. The van der Waals surface area contributed by atoms with Gasteiger partial charge in [0.25, 0.3) is 0 Å². The second-order valence-corrected chi connectivity index (χ2v) is 10.2. The van der Waals surface area contributed by atoms with E-state index in [-0.39, 0.29) is 22.0 Å². The van der Waals surface area contributed by atoms with Crippen LogP contribution in [0.3, 0.4) is 0 Å². The average molecular weight is 504 g/mol. The van der Waals surface area contributed by atoms with Crippen molar-refractivity contribution < 1.29 is 17.9 Å². The molecule has 21 heavy (non-hydrogen) atoms. The number of benzene rings is 1. The molecule has 0 amide bonds. The van der Waals surface area contributed by atoms with E-state index in [1.807, 2.05) is 0 Å². The average Bonchev–Trinajstić information content (AvgIpc) is 2.97. The molecule has 9 heteroatoms. The lowest BCUT2D eigenvalue weighted by Gasteiger charge is -2.32. The molecule has 1 aromatic carbocycles. The third kappa shape index (κ3) is 1.84. The van der Waals surface area contributed by atoms with Gasteiger partial charge in [0, 0.05) is 23.9 Å². The van der Waals surface area contributed by atoms with E-state index in [0.29, 0.717) is 28.3 Å². The molecule has 1 aromatic rings. The SMILES string of the molecule is O=S1(=O)c2cc3c(cc2[C@H]2[C@H](Br)N1C[C@@]2(Br)CBr)OCO3. The highest BCUT2D eigenvalue weighted by Crippen LogP contribution is 2.57. The molecule has 0 aromatic heterocycles. The van der Waals surface area contributed by atoms with Gasteiger partial charge in [-0.1, -0.05) is 47.8 Å². The number of sulfonamides is 1. The molecular formula is C12H10Br3NO4S. The van der Waals surface area contributed by atoms with Crippen molar-refractivity contribution in [3.8, 4) is 11.5 Å². The number of hydrogen-bond donors (Lipinski definition) is 0. The lowest BCUT2D eigenvalue weighted by Crippen LogP contribution is -2.37. The molecule has 1 saturated heterocycles. The quantitative estimate of drug-likeness (QED) is 0.437. The predicted molar refractivity (Wildman–Crippen MR) is 87.4 cm³/mol. The topological polar surface area (TPSA) is 55.8 Å². The van der Waals surface area contributed by atoms with Crippen LogP contribution in [-0.2, 0) is 10.0 Å². The number of rotatable bonds is 1. The Bertz CT molecular complexity index is 740. The fourth-order valence-corrected chi connectivity index (χ4v) is 8.35. The summed E-state index contributed by atoms with van der Waals surface area (Å²) < 4.78 is 37.5. The van der Waals surface area contributed by atoms with Crippen LogP contribution in [-0.4, -0.2) is 40.7 Å². The first-order valence-corrected chi connectivity index (χ1v) is 10.5. The van der Waals surface area contributed by atoms with Gasteiger partial charge in [-0.3, -0.25) is 0 Å². The summed E-state index contributed by atoms with van der Waals surface area (Å²) in [5.41, 5.74) is 0.770. The zero-order valence-electron chi connectivity index (χ0n) is 10.6. The van der Waals surface area contributed by atoms with Gasteiger partial charge in [0.2, 0.25) is 16.8 Å². The molecule has 0 spiro atoms. The van der Waals surface area contributed by atoms with Gasteiger partial charge in [-0.2, -0.15) is 4.31 Å². The van der Waals surface area contributed by atoms with Crippen molar-refractivity contribution >= 4 is 57.8 Å². The fourth-order valence-electron chi connectivity index (χ4n) is 3.16. The summed E-state index contributed by atoms with van der Waals surface area (Å²) >= 11 is 10.8. The van der Waals surface area contributed by atoms with Crippen molar-refractivity contribution in [2.45, 2.75) is 20.1 Å². The Morgan fingerprint density at radius 1 is 1.33 bits per heavy atom. The van der Waals surface area contributed by atoms with Crippen LogP contribution in [0.15, 0.2) is 17.0 Å². The van der Waals surface area contributed by atoms with Crippen molar-refractivity contribution in [1.82, 2.24) is 4.31 Å². The molecule has 4 atom stereocenters. The van der Waals surface area contributed by atoms with E-state index < -0.39 is 10.0 Å². The van der Waals surface area contributed by atoms with Gasteiger partial charge in [-0.15, -0.1) is 0 Å². The van der Waals surface area contributed by atoms with E-state index in [1.54, 1.807) is 12.1 Å². The summed E-state index contributed by atoms with van der Waals surface area (Å²) in [7, 11) is -3.54. The molecule has 2 bridgehead atoms. The van der Waals surface area contributed by atoms with Crippen LogP contribution >= 0.6 is 47.8 Å². The Morgan fingerprint density at radius 3 is 2.67 bits per heavy atom. The van der Waals surface area contributed by atoms with Crippen LogP contribution in [0.1, 0.15) is 11.5 Å². The minimum atomic E-state index is -3.54. The molecule has 5 nitrogen and oxygen atoms in total. The molecule has 1 fully saturated rings. The molecule has 114 valence electrons. The van der Waals surface area contributed by atoms with E-state index in [1.165, 1.54) is 4.31 Å². The maximum Gasteiger partial charge on any atom is 0.244 e. The Morgan fingerprint density at radius 2 is 2.00 bits per heavy atom. The Kier molecular flexibility index (Phi) is 3.22. The van der Waals surface area contributed by atoms with Crippen LogP contribution in [0.4, 0.5) is 0 Å². The zero-order chi connectivity index (χ0) is 15.0. The fraction of sp³-hybridized carbons (Fsp3) is 0.500. The Labute approximate surface area is 147 Å². The smallest absolute Gasteiger partial charge is 0.244 e. The minimum absolute atomic E-state index is 0.00935. The molecule has 0 aliphatic carbocycles. The van der Waals surface area contributed by atoms with Crippen LogP contribution in [0.25, 0.3) is 0 Å². The maximum absolute atomic E-state index is 12.8. The molecule has 3 aliphatic heterocycles. The third-order valence-corrected chi connectivity index (χ3v) is 10.1. The number of alkyl halides is 3. The van der Waals surface area contributed by atoms with Crippen LogP contribution in [0, 0.1) is 0 Å². The van der Waals surface area contributed by atoms with Crippen molar-refractivity contribution in [3.63, 3.8) is 0 Å². The summed E-state index contributed by atoms with van der Waals surface area (Å²) in [6.45, 7) is 0.532. The molecular weight excluding hydrogens is 494 g/mol. The first-order chi connectivity index (χ1) is 9.88. The number of hydrogen-bond acceptors (Lipinski definition) is 4. The molecule has 0 N–H and O–H groups in total. The lowest BCUT2D eigenvalue weighted by molar-refractivity contribution is 0.174. The van der Waals surface area contributed by atoms with Gasteiger partial charge in [-0.05, 0) is 11.6 Å². The highest BCUT2D eigenvalue weighted by Gasteiger charge is 2.59. The number of ether oxygens (including phenoxy) is 2. The van der Waals surface area contributed by atoms with E-state index in [9.17, 15) is 8.42 Å². The highest BCUT2D eigenvalue weighted by molar-refractivity contribution is 9.12. The van der Waals surface area contributed by atoms with Gasteiger partial charge in [0.05, 0.1) is 14.2 Å². The Hall–Kier alpha value is 0.170. The summed E-state index contributed by atoms with van der Waals surface area (Å²) in [6, 6.07) is 3.38. The second-order valence-electron chi connectivity index (χ2n) is 5.31. The molecule has 1 unspecified atom stereocenters. The Balaban J connectivity index is 2.02. The molecule has 0 radical (unpaired) electrons. The first-order valence-electron chi connectivity index (χ1n) is 6.23. The maximum atomic E-state index is 12.8. The monoisotopic (exact) mass is 501 g/mol. The zero-order valence-corrected chi connectivity index (χ0v) is 16.1. The number of nitrogens with zero attached hydrogens (tertiary/aromatic N) is 1. The summed E-state index contributed by atoms with van der Waals surface area (Å²) in [5.74, 6) is 1.09. The molecule has 3 heterocycles. The van der Waals surface area contributed by atoms with Crippen molar-refractivity contribution in [2.24, 2.45) is 0 Å². The van der Waals surface area contributed by atoms with Crippen LogP contribution < -0.4 is 9.47 Å². The molecule has 0 saturated carbocycles. The molecule has 3 aliphatic rings. The van der Waals surface area contributed by atoms with Gasteiger partial charge in [0.1, 0.15) is 0 Å². The van der Waals surface area contributed by atoms with E-state index in [4.69, 9.17) is 9.47 Å². The van der Waals surface area contributed by atoms with Gasteiger partial charge >= 0.3 is 0 Å². The summed E-state index contributed by atoms with van der Waals surface area (Å²) in [5, 5.41) is 0.646.